The van der Waals surface area contributed by atoms with Crippen LogP contribution in [0, 0.1) is 0 Å². The van der Waals surface area contributed by atoms with Crippen LogP contribution in [-0.4, -0.2) is 0 Å². The SMILES string of the molecule is CC(C)(C)c1ccc2c(c1)C(C)(C)c1cc(-c3cc(N(c4ccc5c(c4)C(C)(C)c4ccccc4-5)c4ccc5c(c4)C(C)(C)c4ccccc4-5)cc(-c4ccc5c(c4)C(C)(C)c4cc(C(C)(C)C)ccc4-5)c3C(C)(C)C)ccc1-2. The molecule has 0 atom stereocenters. The normalized spacial score (nSPS) is 16.3. The third-order valence-electron chi connectivity index (χ3n) is 19.5. The molecule has 1 heteroatoms. The van der Waals surface area contributed by atoms with Gasteiger partial charge >= 0.3 is 0 Å². The Bertz CT molecular complexity index is 3810. The fourth-order valence-electron chi connectivity index (χ4n) is 14.9. The fraction of sp³-hybridized carbons (Fsp3) is 0.308. The molecule has 0 heterocycles. The van der Waals surface area contributed by atoms with Gasteiger partial charge in [0, 0.05) is 38.7 Å². The topological polar surface area (TPSA) is 3.24 Å². The standard InChI is InChI=1S/C78H79N/c1-72(2,3)48-28-34-57-55-32-26-46(38-65(55)77(14,15)67(57)40-48)61-42-52(43-62(71(61)74(7,8)9)47-27-33-56-58-35-29-49(73(4,5)6)41-68(58)78(16,17)66(56)39-47)79(50-30-36-59-53-22-18-20-24-63(53)75(10,11)69(59)44-50)51-31-37-60-54-23-19-21-25-64(54)76(12,13)70(60)45-51/h18-45H,1-17H3. The summed E-state index contributed by atoms with van der Waals surface area (Å²) in [6.45, 7) is 40.7. The summed E-state index contributed by atoms with van der Waals surface area (Å²) in [6.07, 6.45) is 0. The molecule has 0 saturated carbocycles. The Morgan fingerprint density at radius 2 is 0.557 bits per heavy atom. The van der Waals surface area contributed by atoms with E-state index in [2.05, 4.69) is 292 Å². The maximum absolute atomic E-state index is 2.60. The van der Waals surface area contributed by atoms with Crippen LogP contribution in [0.1, 0.15) is 179 Å². The lowest BCUT2D eigenvalue weighted by Crippen LogP contribution is -2.20. The van der Waals surface area contributed by atoms with Gasteiger partial charge in [-0.3, -0.25) is 0 Å². The highest BCUT2D eigenvalue weighted by molar-refractivity contribution is 5.95. The smallest absolute Gasteiger partial charge is 0.0474 e. The van der Waals surface area contributed by atoms with Gasteiger partial charge in [-0.05, 0) is 193 Å². The third-order valence-corrected chi connectivity index (χ3v) is 19.5. The van der Waals surface area contributed by atoms with E-state index in [9.17, 15) is 0 Å². The molecule has 0 N–H and O–H groups in total. The summed E-state index contributed by atoms with van der Waals surface area (Å²) in [7, 11) is 0. The van der Waals surface area contributed by atoms with Crippen LogP contribution in [-0.2, 0) is 37.9 Å². The van der Waals surface area contributed by atoms with Crippen molar-refractivity contribution in [3.63, 3.8) is 0 Å². The number of anilines is 3. The second-order valence-corrected chi connectivity index (χ2v) is 29.1. The molecule has 0 aromatic heterocycles. The van der Waals surface area contributed by atoms with E-state index >= 15 is 0 Å². The van der Waals surface area contributed by atoms with Gasteiger partial charge in [-0.2, -0.15) is 0 Å². The fourth-order valence-corrected chi connectivity index (χ4v) is 14.9. The Kier molecular flexibility index (Phi) is 10.8. The highest BCUT2D eigenvalue weighted by Gasteiger charge is 2.42. The van der Waals surface area contributed by atoms with E-state index in [0.717, 1.165) is 17.1 Å². The molecule has 4 aliphatic rings. The molecular weight excluding hydrogens is 951 g/mol. The van der Waals surface area contributed by atoms with E-state index in [-0.39, 0.29) is 37.9 Å². The highest BCUT2D eigenvalue weighted by Crippen LogP contribution is 2.57. The van der Waals surface area contributed by atoms with Crippen LogP contribution >= 0.6 is 0 Å². The summed E-state index contributed by atoms with van der Waals surface area (Å²) >= 11 is 0. The van der Waals surface area contributed by atoms with Crippen LogP contribution in [0.2, 0.25) is 0 Å². The molecule has 79 heavy (non-hydrogen) atoms. The van der Waals surface area contributed by atoms with Gasteiger partial charge in [0.1, 0.15) is 0 Å². The van der Waals surface area contributed by atoms with E-state index < -0.39 is 0 Å². The molecule has 0 saturated heterocycles. The van der Waals surface area contributed by atoms with Gasteiger partial charge in [-0.15, -0.1) is 0 Å². The Morgan fingerprint density at radius 1 is 0.253 bits per heavy atom. The number of rotatable bonds is 5. The van der Waals surface area contributed by atoms with Crippen LogP contribution < -0.4 is 4.90 Å². The van der Waals surface area contributed by atoms with Crippen molar-refractivity contribution < 1.29 is 0 Å². The second kappa shape index (κ2) is 16.7. The van der Waals surface area contributed by atoms with Crippen LogP contribution in [0.3, 0.4) is 0 Å². The first-order valence-electron chi connectivity index (χ1n) is 29.2. The number of nitrogens with zero attached hydrogens (tertiary/aromatic N) is 1. The maximum Gasteiger partial charge on any atom is 0.0474 e. The van der Waals surface area contributed by atoms with E-state index in [1.807, 2.05) is 0 Å². The third kappa shape index (κ3) is 7.54. The zero-order chi connectivity index (χ0) is 55.9. The molecule has 1 nitrogen and oxygen atoms in total. The van der Waals surface area contributed by atoms with Crippen molar-refractivity contribution >= 4 is 17.1 Å². The van der Waals surface area contributed by atoms with Crippen LogP contribution in [0.5, 0.6) is 0 Å². The summed E-state index contributed by atoms with van der Waals surface area (Å²) < 4.78 is 0. The molecule has 0 spiro atoms. The van der Waals surface area contributed by atoms with Gasteiger partial charge in [0.15, 0.2) is 0 Å². The highest BCUT2D eigenvalue weighted by atomic mass is 15.1. The molecule has 4 aliphatic carbocycles. The Morgan fingerprint density at radius 3 is 0.924 bits per heavy atom. The van der Waals surface area contributed by atoms with Crippen molar-refractivity contribution in [2.45, 2.75) is 156 Å². The van der Waals surface area contributed by atoms with Crippen molar-refractivity contribution in [1.29, 1.82) is 0 Å². The van der Waals surface area contributed by atoms with Gasteiger partial charge in [-0.1, -0.05) is 239 Å². The lowest BCUT2D eigenvalue weighted by molar-refractivity contribution is 0.584. The average Bonchev–Trinajstić information content (AvgIpc) is 4.18. The van der Waals surface area contributed by atoms with Gasteiger partial charge in [-0.25, -0.2) is 0 Å². The monoisotopic (exact) mass is 1030 g/mol. The predicted octanol–water partition coefficient (Wildman–Crippen LogP) is 21.6. The molecule has 0 aliphatic heterocycles. The molecule has 0 unspecified atom stereocenters. The van der Waals surface area contributed by atoms with Crippen LogP contribution in [0.25, 0.3) is 66.8 Å². The van der Waals surface area contributed by atoms with Crippen LogP contribution in [0.4, 0.5) is 17.1 Å². The number of hydrogen-bond acceptors (Lipinski definition) is 1. The molecule has 0 amide bonds. The number of benzene rings is 9. The first-order chi connectivity index (χ1) is 37.1. The quantitative estimate of drug-likeness (QED) is 0.166. The summed E-state index contributed by atoms with van der Waals surface area (Å²) in [4.78, 5) is 2.60. The van der Waals surface area contributed by atoms with Crippen molar-refractivity contribution in [1.82, 2.24) is 0 Å². The number of hydrogen-bond donors (Lipinski definition) is 0. The molecule has 9 aromatic carbocycles. The van der Waals surface area contributed by atoms with Crippen molar-refractivity contribution in [2.75, 3.05) is 4.90 Å². The number of fused-ring (bicyclic) bond motifs is 12. The van der Waals surface area contributed by atoms with Gasteiger partial charge in [0.05, 0.1) is 0 Å². The molecule has 9 aromatic rings. The van der Waals surface area contributed by atoms with Crippen molar-refractivity contribution in [2.24, 2.45) is 0 Å². The maximum atomic E-state index is 2.60. The Balaban J connectivity index is 1.09. The van der Waals surface area contributed by atoms with E-state index in [4.69, 9.17) is 0 Å². The van der Waals surface area contributed by atoms with Gasteiger partial charge < -0.3 is 4.90 Å². The Hall–Kier alpha value is -7.22. The lowest BCUT2D eigenvalue weighted by atomic mass is 9.74. The van der Waals surface area contributed by atoms with E-state index in [1.165, 1.54) is 128 Å². The summed E-state index contributed by atoms with van der Waals surface area (Å²) in [5, 5.41) is 0. The second-order valence-electron chi connectivity index (χ2n) is 29.1. The molecule has 396 valence electrons. The van der Waals surface area contributed by atoms with E-state index in [0.29, 0.717) is 0 Å². The van der Waals surface area contributed by atoms with Gasteiger partial charge in [0.25, 0.3) is 0 Å². The molecule has 0 radical (unpaired) electrons. The van der Waals surface area contributed by atoms with Gasteiger partial charge in [0.2, 0.25) is 0 Å². The van der Waals surface area contributed by atoms with Crippen LogP contribution in [0.15, 0.2) is 170 Å². The van der Waals surface area contributed by atoms with Crippen molar-refractivity contribution in [3.05, 3.63) is 231 Å². The summed E-state index contributed by atoms with van der Waals surface area (Å²) in [5.74, 6) is 0. The zero-order valence-electron chi connectivity index (χ0n) is 50.1. The molecule has 0 bridgehead atoms. The lowest BCUT2D eigenvalue weighted by Gasteiger charge is -2.33. The molecule has 0 fully saturated rings. The van der Waals surface area contributed by atoms with E-state index in [1.54, 1.807) is 0 Å². The minimum Gasteiger partial charge on any atom is -0.310 e. The first-order valence-corrected chi connectivity index (χ1v) is 29.2. The molecule has 13 rings (SSSR count). The minimum absolute atomic E-state index is 0.0530. The first kappa shape index (κ1) is 51.2. The molecular formula is C78H79N. The summed E-state index contributed by atoms with van der Waals surface area (Å²) in [5.41, 5.74) is 33.6. The average molecular weight is 1030 g/mol. The minimum atomic E-state index is -0.237. The zero-order valence-corrected chi connectivity index (χ0v) is 50.1. The summed E-state index contributed by atoms with van der Waals surface area (Å²) in [6, 6.07) is 67.2. The predicted molar refractivity (Wildman–Crippen MR) is 338 cm³/mol. The largest absolute Gasteiger partial charge is 0.310 e. The van der Waals surface area contributed by atoms with Crippen molar-refractivity contribution in [3.8, 4) is 66.8 Å². The Labute approximate surface area is 472 Å².